The van der Waals surface area contributed by atoms with E-state index >= 15 is 0 Å². The smallest absolute Gasteiger partial charge is 0.0635 e. The van der Waals surface area contributed by atoms with Crippen LogP contribution < -0.4 is 5.73 Å². The van der Waals surface area contributed by atoms with Crippen LogP contribution in [0.3, 0.4) is 0 Å². The molecule has 0 bridgehead atoms. The van der Waals surface area contributed by atoms with Gasteiger partial charge >= 0.3 is 0 Å². The molecule has 1 aromatic rings. The van der Waals surface area contributed by atoms with E-state index in [9.17, 15) is 0 Å². The summed E-state index contributed by atoms with van der Waals surface area (Å²) in [6.07, 6.45) is 6.45. The molecule has 2 rings (SSSR count). The van der Waals surface area contributed by atoms with Gasteiger partial charge in [0, 0.05) is 0 Å². The van der Waals surface area contributed by atoms with E-state index < -0.39 is 0 Å². The fourth-order valence-electron chi connectivity index (χ4n) is 2.44. The molecule has 17 heavy (non-hydrogen) atoms. The molecule has 1 aromatic carbocycles. The van der Waals surface area contributed by atoms with Crippen molar-refractivity contribution in [3.8, 4) is 0 Å². The van der Waals surface area contributed by atoms with Crippen LogP contribution in [-0.2, 0) is 6.42 Å². The Morgan fingerprint density at radius 3 is 2.65 bits per heavy atom. The lowest BCUT2D eigenvalue weighted by atomic mass is 10.1. The van der Waals surface area contributed by atoms with E-state index in [1.165, 1.54) is 50.9 Å². The number of halogens is 1. The zero-order valence-electron chi connectivity index (χ0n) is 10.3. The molecule has 1 aliphatic rings. The minimum Gasteiger partial charge on any atom is -0.398 e. The third kappa shape index (κ3) is 3.90. The van der Waals surface area contributed by atoms with Gasteiger partial charge in [0.1, 0.15) is 0 Å². The fraction of sp³-hybridized carbons (Fsp3) is 0.571. The van der Waals surface area contributed by atoms with Gasteiger partial charge in [0.05, 0.1) is 10.7 Å². The Kier molecular flexibility index (Phi) is 4.69. The molecule has 0 saturated carbocycles. The molecule has 0 amide bonds. The van der Waals surface area contributed by atoms with Crippen LogP contribution in [0.15, 0.2) is 18.2 Å². The monoisotopic (exact) mass is 252 g/mol. The maximum absolute atomic E-state index is 5.90. The lowest BCUT2D eigenvalue weighted by molar-refractivity contribution is 0.226. The van der Waals surface area contributed by atoms with E-state index in [0.717, 1.165) is 6.42 Å². The van der Waals surface area contributed by atoms with Crippen LogP contribution in [0.4, 0.5) is 5.69 Å². The van der Waals surface area contributed by atoms with Crippen LogP contribution in [0.5, 0.6) is 0 Å². The normalized spacial score (nSPS) is 17.2. The van der Waals surface area contributed by atoms with Gasteiger partial charge in [-0.3, -0.25) is 0 Å². The molecule has 0 radical (unpaired) electrons. The number of nitrogens with two attached hydrogens (primary N) is 1. The quantitative estimate of drug-likeness (QED) is 0.833. The number of likely N-dealkylation sites (tertiary alicyclic amines) is 1. The summed E-state index contributed by atoms with van der Waals surface area (Å²) >= 11 is 5.90. The second-order valence-corrected chi connectivity index (χ2v) is 5.27. The van der Waals surface area contributed by atoms with Crippen molar-refractivity contribution in [2.75, 3.05) is 25.4 Å². The van der Waals surface area contributed by atoms with Crippen molar-refractivity contribution < 1.29 is 0 Å². The first-order chi connectivity index (χ1) is 8.25. The molecule has 2 N–H and O–H groups in total. The van der Waals surface area contributed by atoms with E-state index in [0.29, 0.717) is 10.7 Å². The number of anilines is 1. The molecule has 3 heteroatoms. The summed E-state index contributed by atoms with van der Waals surface area (Å²) in [5.41, 5.74) is 7.78. The summed E-state index contributed by atoms with van der Waals surface area (Å²) in [6.45, 7) is 3.77. The van der Waals surface area contributed by atoms with Gasteiger partial charge in [-0.15, -0.1) is 0 Å². The summed E-state index contributed by atoms with van der Waals surface area (Å²) in [5.74, 6) is 0. The van der Waals surface area contributed by atoms with E-state index in [2.05, 4.69) is 11.0 Å². The maximum Gasteiger partial charge on any atom is 0.0635 e. The molecule has 1 aliphatic heterocycles. The van der Waals surface area contributed by atoms with Crippen molar-refractivity contribution in [3.63, 3.8) is 0 Å². The highest BCUT2D eigenvalue weighted by Gasteiger charge is 2.09. The maximum atomic E-state index is 5.90. The summed E-state index contributed by atoms with van der Waals surface area (Å²) in [6, 6.07) is 5.97. The van der Waals surface area contributed by atoms with Crippen molar-refractivity contribution in [1.82, 2.24) is 4.90 Å². The first-order valence-electron chi connectivity index (χ1n) is 6.52. The summed E-state index contributed by atoms with van der Waals surface area (Å²) < 4.78 is 0. The van der Waals surface area contributed by atoms with E-state index in [1.807, 2.05) is 12.1 Å². The second kappa shape index (κ2) is 6.27. The summed E-state index contributed by atoms with van der Waals surface area (Å²) in [7, 11) is 0. The number of nitrogens with zero attached hydrogens (tertiary/aromatic N) is 1. The molecular weight excluding hydrogens is 232 g/mol. The number of piperidine rings is 1. The third-order valence-corrected chi connectivity index (χ3v) is 3.79. The summed E-state index contributed by atoms with van der Waals surface area (Å²) in [4.78, 5) is 2.57. The Bertz CT molecular complexity index is 359. The van der Waals surface area contributed by atoms with Gasteiger partial charge < -0.3 is 10.6 Å². The SMILES string of the molecule is Nc1cc(CCCN2CCCCC2)ccc1Cl. The Morgan fingerprint density at radius 1 is 1.18 bits per heavy atom. The van der Waals surface area contributed by atoms with Gasteiger partial charge in [0.15, 0.2) is 0 Å². The first-order valence-corrected chi connectivity index (χ1v) is 6.90. The lowest BCUT2D eigenvalue weighted by Crippen LogP contribution is -2.30. The van der Waals surface area contributed by atoms with Gasteiger partial charge in [-0.1, -0.05) is 24.1 Å². The number of hydrogen-bond donors (Lipinski definition) is 1. The zero-order valence-corrected chi connectivity index (χ0v) is 11.0. The van der Waals surface area contributed by atoms with Crippen molar-refractivity contribution in [2.45, 2.75) is 32.1 Å². The number of hydrogen-bond acceptors (Lipinski definition) is 2. The van der Waals surface area contributed by atoms with Gasteiger partial charge in [-0.2, -0.15) is 0 Å². The predicted octanol–water partition coefficient (Wildman–Crippen LogP) is 3.34. The minimum atomic E-state index is 0.657. The Hall–Kier alpha value is -0.730. The topological polar surface area (TPSA) is 29.3 Å². The number of benzene rings is 1. The Morgan fingerprint density at radius 2 is 1.94 bits per heavy atom. The van der Waals surface area contributed by atoms with Crippen LogP contribution in [0.1, 0.15) is 31.2 Å². The van der Waals surface area contributed by atoms with Gasteiger partial charge in [-0.25, -0.2) is 0 Å². The molecule has 1 heterocycles. The van der Waals surface area contributed by atoms with Gasteiger partial charge in [0.2, 0.25) is 0 Å². The van der Waals surface area contributed by atoms with Crippen molar-refractivity contribution in [1.29, 1.82) is 0 Å². The predicted molar refractivity (Wildman–Crippen MR) is 74.5 cm³/mol. The largest absolute Gasteiger partial charge is 0.398 e. The first kappa shape index (κ1) is 12.7. The van der Waals surface area contributed by atoms with E-state index in [1.54, 1.807) is 0 Å². The van der Waals surface area contributed by atoms with Gasteiger partial charge in [-0.05, 0) is 63.0 Å². The molecule has 0 unspecified atom stereocenters. The highest BCUT2D eigenvalue weighted by atomic mass is 35.5. The highest BCUT2D eigenvalue weighted by molar-refractivity contribution is 6.33. The van der Waals surface area contributed by atoms with Crippen LogP contribution in [0.2, 0.25) is 5.02 Å². The molecule has 2 nitrogen and oxygen atoms in total. The van der Waals surface area contributed by atoms with Crippen molar-refractivity contribution >= 4 is 17.3 Å². The van der Waals surface area contributed by atoms with Crippen LogP contribution >= 0.6 is 11.6 Å². The van der Waals surface area contributed by atoms with Crippen LogP contribution in [0.25, 0.3) is 0 Å². The van der Waals surface area contributed by atoms with Crippen molar-refractivity contribution in [3.05, 3.63) is 28.8 Å². The highest BCUT2D eigenvalue weighted by Crippen LogP contribution is 2.20. The van der Waals surface area contributed by atoms with Crippen LogP contribution in [-0.4, -0.2) is 24.5 Å². The molecular formula is C14H21ClN2. The molecule has 0 atom stereocenters. The number of aryl methyl sites for hydroxylation is 1. The molecule has 94 valence electrons. The van der Waals surface area contributed by atoms with E-state index in [4.69, 9.17) is 17.3 Å². The minimum absolute atomic E-state index is 0.657. The molecule has 0 spiro atoms. The Balaban J connectivity index is 1.75. The van der Waals surface area contributed by atoms with Gasteiger partial charge in [0.25, 0.3) is 0 Å². The molecule has 1 fully saturated rings. The number of rotatable bonds is 4. The number of nitrogen functional groups attached to an aromatic ring is 1. The van der Waals surface area contributed by atoms with Crippen molar-refractivity contribution in [2.24, 2.45) is 0 Å². The Labute approximate surface area is 109 Å². The third-order valence-electron chi connectivity index (χ3n) is 3.45. The second-order valence-electron chi connectivity index (χ2n) is 4.86. The van der Waals surface area contributed by atoms with E-state index in [-0.39, 0.29) is 0 Å². The standard InChI is InChI=1S/C14H21ClN2/c15-13-7-6-12(11-14(13)16)5-4-10-17-8-2-1-3-9-17/h6-7,11H,1-5,8-10,16H2. The lowest BCUT2D eigenvalue weighted by Gasteiger charge is -2.26. The fourth-order valence-corrected chi connectivity index (χ4v) is 2.56. The molecule has 1 saturated heterocycles. The average molecular weight is 253 g/mol. The summed E-state index contributed by atoms with van der Waals surface area (Å²) in [5, 5.41) is 0.657. The molecule has 0 aliphatic carbocycles. The van der Waals surface area contributed by atoms with Crippen LogP contribution in [0, 0.1) is 0 Å². The molecule has 0 aromatic heterocycles. The average Bonchev–Trinajstić information content (AvgIpc) is 2.35. The zero-order chi connectivity index (χ0) is 12.1.